The lowest BCUT2D eigenvalue weighted by molar-refractivity contribution is 0.0933. The van der Waals surface area contributed by atoms with Crippen molar-refractivity contribution in [3.05, 3.63) is 35.2 Å². The Morgan fingerprint density at radius 3 is 2.89 bits per heavy atom. The summed E-state index contributed by atoms with van der Waals surface area (Å²) >= 11 is 0. The van der Waals surface area contributed by atoms with Crippen LogP contribution in [0.4, 0.5) is 0 Å². The molecule has 0 bridgehead atoms. The van der Waals surface area contributed by atoms with E-state index in [0.717, 1.165) is 22.5 Å². The summed E-state index contributed by atoms with van der Waals surface area (Å²) in [7, 11) is 0. The molecule has 0 radical (unpaired) electrons. The van der Waals surface area contributed by atoms with Crippen LogP contribution in [0, 0.1) is 13.8 Å². The number of rotatable bonds is 1. The first-order valence-corrected chi connectivity index (χ1v) is 5.99. The van der Waals surface area contributed by atoms with Crippen molar-refractivity contribution >= 4 is 5.78 Å². The number of hydrogen-bond donors (Lipinski definition) is 1. The molecule has 1 N–H and O–H groups in total. The Hall–Kier alpha value is -2.10. The van der Waals surface area contributed by atoms with Crippen molar-refractivity contribution in [3.8, 4) is 16.9 Å². The molecule has 0 saturated carbocycles. The Kier molecular flexibility index (Phi) is 2.44. The van der Waals surface area contributed by atoms with E-state index in [2.05, 4.69) is 10.2 Å². The monoisotopic (exact) mass is 242 g/mol. The van der Waals surface area contributed by atoms with Gasteiger partial charge < -0.3 is 4.74 Å². The van der Waals surface area contributed by atoms with Crippen molar-refractivity contribution in [2.75, 3.05) is 6.61 Å². The zero-order valence-electron chi connectivity index (χ0n) is 10.4. The Balaban J connectivity index is 2.13. The van der Waals surface area contributed by atoms with Gasteiger partial charge in [0.15, 0.2) is 5.78 Å². The van der Waals surface area contributed by atoms with Crippen LogP contribution in [0.2, 0.25) is 0 Å². The molecule has 0 amide bonds. The van der Waals surface area contributed by atoms with Crippen LogP contribution in [0.1, 0.15) is 28.2 Å². The highest BCUT2D eigenvalue weighted by molar-refractivity contribution is 6.00. The van der Waals surface area contributed by atoms with Crippen LogP contribution in [-0.2, 0) is 0 Å². The third-order valence-corrected chi connectivity index (χ3v) is 3.29. The maximum atomic E-state index is 11.7. The Morgan fingerprint density at radius 1 is 1.33 bits per heavy atom. The molecule has 0 saturated heterocycles. The van der Waals surface area contributed by atoms with Crippen LogP contribution in [0.5, 0.6) is 5.75 Å². The quantitative estimate of drug-likeness (QED) is 0.836. The summed E-state index contributed by atoms with van der Waals surface area (Å²) in [6, 6.07) is 5.73. The van der Waals surface area contributed by atoms with Crippen LogP contribution >= 0.6 is 0 Å². The molecule has 0 spiro atoms. The lowest BCUT2D eigenvalue weighted by atomic mass is 9.98. The fourth-order valence-corrected chi connectivity index (χ4v) is 2.39. The molecule has 1 aliphatic rings. The topological polar surface area (TPSA) is 55.0 Å². The van der Waals surface area contributed by atoms with E-state index in [1.807, 2.05) is 32.0 Å². The molecule has 4 nitrogen and oxygen atoms in total. The van der Waals surface area contributed by atoms with Crippen LogP contribution in [0.15, 0.2) is 18.2 Å². The highest BCUT2D eigenvalue weighted by Gasteiger charge is 2.19. The SMILES string of the molecule is Cc1n[nH]c(C)c1-c1ccc2c(c1)OCCC2=O. The fraction of sp³-hybridized carbons (Fsp3) is 0.286. The van der Waals surface area contributed by atoms with Crippen molar-refractivity contribution in [1.82, 2.24) is 10.2 Å². The first-order valence-electron chi connectivity index (χ1n) is 5.99. The Morgan fingerprint density at radius 2 is 2.17 bits per heavy atom. The molecule has 2 aromatic rings. The summed E-state index contributed by atoms with van der Waals surface area (Å²) < 4.78 is 5.56. The molecular formula is C14H14N2O2. The number of nitrogens with one attached hydrogen (secondary N) is 1. The van der Waals surface area contributed by atoms with E-state index in [-0.39, 0.29) is 5.78 Å². The van der Waals surface area contributed by atoms with Crippen molar-refractivity contribution in [2.45, 2.75) is 20.3 Å². The van der Waals surface area contributed by atoms with Crippen LogP contribution in [-0.4, -0.2) is 22.6 Å². The first-order chi connectivity index (χ1) is 8.66. The molecule has 1 aromatic heterocycles. The molecule has 2 heterocycles. The predicted octanol–water partition coefficient (Wildman–Crippen LogP) is 2.66. The van der Waals surface area contributed by atoms with E-state index in [0.29, 0.717) is 24.3 Å². The van der Waals surface area contributed by atoms with E-state index in [9.17, 15) is 4.79 Å². The summed E-state index contributed by atoms with van der Waals surface area (Å²) in [5.41, 5.74) is 4.78. The number of benzene rings is 1. The van der Waals surface area contributed by atoms with Gasteiger partial charge in [0.2, 0.25) is 0 Å². The van der Waals surface area contributed by atoms with E-state index in [1.165, 1.54) is 0 Å². The second kappa shape index (κ2) is 3.98. The van der Waals surface area contributed by atoms with Crippen LogP contribution < -0.4 is 4.74 Å². The first kappa shape index (κ1) is 11.0. The second-order valence-corrected chi connectivity index (χ2v) is 4.54. The van der Waals surface area contributed by atoms with Crippen molar-refractivity contribution in [3.63, 3.8) is 0 Å². The molecular weight excluding hydrogens is 228 g/mol. The van der Waals surface area contributed by atoms with Gasteiger partial charge in [-0.15, -0.1) is 0 Å². The Bertz CT molecular complexity index is 609. The average molecular weight is 242 g/mol. The summed E-state index contributed by atoms with van der Waals surface area (Å²) in [4.78, 5) is 11.7. The molecule has 1 aromatic carbocycles. The van der Waals surface area contributed by atoms with Gasteiger partial charge in [-0.3, -0.25) is 9.89 Å². The smallest absolute Gasteiger partial charge is 0.169 e. The standard InChI is InChI=1S/C14H14N2O2/c1-8-14(9(2)16-15-8)10-3-4-11-12(17)5-6-18-13(11)7-10/h3-4,7H,5-6H2,1-2H3,(H,15,16). The number of carbonyl (C=O) groups excluding carboxylic acids is 1. The van der Waals surface area contributed by atoms with E-state index in [4.69, 9.17) is 4.74 Å². The third kappa shape index (κ3) is 1.61. The molecule has 0 fully saturated rings. The van der Waals surface area contributed by atoms with Gasteiger partial charge in [-0.25, -0.2) is 0 Å². The zero-order valence-corrected chi connectivity index (χ0v) is 10.4. The zero-order chi connectivity index (χ0) is 12.7. The minimum atomic E-state index is 0.156. The van der Waals surface area contributed by atoms with Gasteiger partial charge in [0.25, 0.3) is 0 Å². The van der Waals surface area contributed by atoms with E-state index in [1.54, 1.807) is 0 Å². The highest BCUT2D eigenvalue weighted by atomic mass is 16.5. The minimum absolute atomic E-state index is 0.156. The summed E-state index contributed by atoms with van der Waals surface area (Å²) in [6.07, 6.45) is 0.468. The number of aryl methyl sites for hydroxylation is 2. The fourth-order valence-electron chi connectivity index (χ4n) is 2.39. The number of H-pyrrole nitrogens is 1. The maximum Gasteiger partial charge on any atom is 0.169 e. The number of fused-ring (bicyclic) bond motifs is 1. The number of hydrogen-bond acceptors (Lipinski definition) is 3. The number of nitrogens with zero attached hydrogens (tertiary/aromatic N) is 1. The molecule has 0 unspecified atom stereocenters. The van der Waals surface area contributed by atoms with Crippen LogP contribution in [0.25, 0.3) is 11.1 Å². The van der Waals surface area contributed by atoms with Crippen molar-refractivity contribution in [2.24, 2.45) is 0 Å². The maximum absolute atomic E-state index is 11.7. The predicted molar refractivity (Wildman–Crippen MR) is 67.9 cm³/mol. The highest BCUT2D eigenvalue weighted by Crippen LogP contribution is 2.32. The number of Topliss-reactive ketones (excluding diaryl/α,β-unsaturated/α-hetero) is 1. The van der Waals surface area contributed by atoms with E-state index >= 15 is 0 Å². The Labute approximate surface area is 105 Å². The lowest BCUT2D eigenvalue weighted by Crippen LogP contribution is -2.15. The molecule has 1 aliphatic heterocycles. The number of ether oxygens (including phenoxy) is 1. The van der Waals surface area contributed by atoms with Gasteiger partial charge >= 0.3 is 0 Å². The van der Waals surface area contributed by atoms with E-state index < -0.39 is 0 Å². The summed E-state index contributed by atoms with van der Waals surface area (Å²) in [6.45, 7) is 4.42. The normalized spacial score (nSPS) is 14.2. The largest absolute Gasteiger partial charge is 0.492 e. The van der Waals surface area contributed by atoms with Gasteiger partial charge in [-0.05, 0) is 31.5 Å². The molecule has 4 heteroatoms. The minimum Gasteiger partial charge on any atom is -0.492 e. The number of carbonyl (C=O) groups is 1. The average Bonchev–Trinajstić information content (AvgIpc) is 2.69. The number of ketones is 1. The number of aromatic amines is 1. The summed E-state index contributed by atoms with van der Waals surface area (Å²) in [5, 5.41) is 7.15. The van der Waals surface area contributed by atoms with Crippen LogP contribution in [0.3, 0.4) is 0 Å². The molecule has 0 atom stereocenters. The third-order valence-electron chi connectivity index (χ3n) is 3.29. The number of aromatic nitrogens is 2. The molecule has 18 heavy (non-hydrogen) atoms. The molecule has 3 rings (SSSR count). The van der Waals surface area contributed by atoms with Gasteiger partial charge in [0.05, 0.1) is 17.9 Å². The van der Waals surface area contributed by atoms with Gasteiger partial charge in [0.1, 0.15) is 5.75 Å². The van der Waals surface area contributed by atoms with Gasteiger partial charge in [-0.2, -0.15) is 5.10 Å². The molecule has 0 aliphatic carbocycles. The summed E-state index contributed by atoms with van der Waals surface area (Å²) in [5.74, 6) is 0.840. The van der Waals surface area contributed by atoms with Gasteiger partial charge in [0, 0.05) is 17.7 Å². The van der Waals surface area contributed by atoms with Crippen molar-refractivity contribution in [1.29, 1.82) is 0 Å². The molecule has 92 valence electrons. The van der Waals surface area contributed by atoms with Crippen molar-refractivity contribution < 1.29 is 9.53 Å². The van der Waals surface area contributed by atoms with Gasteiger partial charge in [-0.1, -0.05) is 6.07 Å². The second-order valence-electron chi connectivity index (χ2n) is 4.54. The lowest BCUT2D eigenvalue weighted by Gasteiger charge is -2.17.